The number of aliphatic hydroxyl groups excluding tert-OH is 1. The van der Waals surface area contributed by atoms with E-state index in [9.17, 15) is 53.1 Å². The number of esters is 2. The first-order valence-electron chi connectivity index (χ1n) is 31.5. The van der Waals surface area contributed by atoms with Crippen LogP contribution in [0.2, 0.25) is 0 Å². The number of nitrogens with two attached hydrogens (primary N) is 1. The summed E-state index contributed by atoms with van der Waals surface area (Å²) in [5.41, 5.74) is 6.47. The summed E-state index contributed by atoms with van der Waals surface area (Å²) in [7, 11) is 0. The molecule has 4 fully saturated rings. The Morgan fingerprint density at radius 1 is 0.843 bits per heavy atom. The standard InChI is InChI=1S/C65H94N8O16/c1-38(2)60(72-54(75)14-10-9-11-32-73-57(78)29-30-58(73)79)63(83)71-50(13-12-31-67-64(66)84)62(82)69-48-24-20-46(21-25-48)37-85-59(80)34-45-18-22-47(23-19-45)68-56(77)35-49-36-65(43(7)89-65)61(81)53(88-49)27-16-39(3)15-26-52-40(4)33-51(42(6)87-52)70-55(76)28-17-41(5)86-44(8)74/h15-17,20-21,24-25,27-30,38,40-43,45,47,49-53,60-61,81H,9-14,18-19,22-23,26,31-37H2,1-8H3,(H,68,77)(H,69,82)(H,70,76)(H,71,83)(H,72,75)(H3,66,67,84)/b27-16+,28-17-,39-15+/t40-,41-,42+,43+,45-,47-,49+,50-,51+,52-,53+,60-,61+,65+/m0/s1. The first-order valence-corrected chi connectivity index (χ1v) is 31.5. The summed E-state index contributed by atoms with van der Waals surface area (Å²) in [6, 6.07) is 3.72. The zero-order valence-corrected chi connectivity index (χ0v) is 52.8. The third-order valence-corrected chi connectivity index (χ3v) is 17.1. The van der Waals surface area contributed by atoms with Crippen molar-refractivity contribution in [3.8, 4) is 0 Å². The highest BCUT2D eigenvalue weighted by Gasteiger charge is 2.64. The number of rotatable bonds is 31. The minimum Gasteiger partial charge on any atom is -0.461 e. The second-order valence-electron chi connectivity index (χ2n) is 24.8. The number of ether oxygens (including phenoxy) is 5. The molecule has 9 N–H and O–H groups in total. The number of epoxide rings is 1. The van der Waals surface area contributed by atoms with Crippen LogP contribution < -0.4 is 37.6 Å². The maximum absolute atomic E-state index is 13.7. The molecule has 6 rings (SSSR count). The van der Waals surface area contributed by atoms with E-state index in [2.05, 4.69) is 44.9 Å². The summed E-state index contributed by atoms with van der Waals surface area (Å²) in [6.07, 6.45) is 15.1. The lowest BCUT2D eigenvalue weighted by atomic mass is 9.83. The summed E-state index contributed by atoms with van der Waals surface area (Å²) < 4.78 is 29.4. The molecule has 1 aromatic rings. The Balaban J connectivity index is 0.890. The van der Waals surface area contributed by atoms with Crippen LogP contribution in [-0.4, -0.2) is 155 Å². The lowest BCUT2D eigenvalue weighted by Crippen LogP contribution is -2.54. The predicted molar refractivity (Wildman–Crippen MR) is 328 cm³/mol. The highest BCUT2D eigenvalue weighted by molar-refractivity contribution is 6.12. The summed E-state index contributed by atoms with van der Waals surface area (Å²) >= 11 is 0. The zero-order chi connectivity index (χ0) is 65.0. The lowest BCUT2D eigenvalue weighted by Gasteiger charge is -2.39. The fourth-order valence-electron chi connectivity index (χ4n) is 11.9. The molecule has 24 nitrogen and oxygen atoms in total. The van der Waals surface area contributed by atoms with E-state index >= 15 is 0 Å². The van der Waals surface area contributed by atoms with Crippen molar-refractivity contribution >= 4 is 65.0 Å². The van der Waals surface area contributed by atoms with Crippen molar-refractivity contribution in [3.63, 3.8) is 0 Å². The summed E-state index contributed by atoms with van der Waals surface area (Å²) in [5.74, 6) is -3.50. The lowest BCUT2D eigenvalue weighted by molar-refractivity contribution is -0.147. The number of allylic oxidation sites excluding steroid dienone is 2. The molecule has 0 bridgehead atoms. The number of benzene rings is 1. The molecule has 490 valence electrons. The van der Waals surface area contributed by atoms with E-state index in [1.807, 2.05) is 32.9 Å². The summed E-state index contributed by atoms with van der Waals surface area (Å²) in [5, 5.41) is 28.4. The molecule has 0 radical (unpaired) electrons. The van der Waals surface area contributed by atoms with Crippen molar-refractivity contribution in [2.24, 2.45) is 23.5 Å². The van der Waals surface area contributed by atoms with Crippen molar-refractivity contribution in [1.29, 1.82) is 0 Å². The van der Waals surface area contributed by atoms with Gasteiger partial charge in [-0.25, -0.2) is 4.79 Å². The molecule has 1 spiro atoms. The second-order valence-corrected chi connectivity index (χ2v) is 24.8. The number of carbonyl (C=O) groups is 10. The van der Waals surface area contributed by atoms with Crippen LogP contribution in [-0.2, 0) is 73.4 Å². The maximum Gasteiger partial charge on any atom is 0.312 e. The fourth-order valence-corrected chi connectivity index (χ4v) is 11.9. The third kappa shape index (κ3) is 22.6. The van der Waals surface area contributed by atoms with Gasteiger partial charge in [-0.05, 0) is 133 Å². The molecular weight excluding hydrogens is 1150 g/mol. The van der Waals surface area contributed by atoms with E-state index in [0.29, 0.717) is 62.6 Å². The Hall–Kier alpha value is -7.28. The van der Waals surface area contributed by atoms with Crippen LogP contribution in [0.3, 0.4) is 0 Å². The molecule has 4 aliphatic heterocycles. The number of nitrogens with zero attached hydrogens (tertiary/aromatic N) is 1. The van der Waals surface area contributed by atoms with Gasteiger partial charge in [-0.15, -0.1) is 0 Å². The van der Waals surface area contributed by atoms with Gasteiger partial charge in [-0.3, -0.25) is 48.1 Å². The SMILES string of the molecule is CC(=O)O[C@@H](C)/C=C\C(=O)N[C@@H]1C[C@H](C)[C@H](C/C=C(C)/C=C/[C@H]2O[C@H](CC(=O)N[C@H]3CC[C@H](CC(=O)OCc4ccc(NC(=O)[C@H](CCCNC(N)=O)NC(=O)[C@@H](NC(=O)CCCCCN5C(=O)C=CC5=O)C(C)C)cc4)CC3)C[C@]3(O[C@@H]3C)[C@@H]2O)O[C@@H]1C. The van der Waals surface area contributed by atoms with E-state index < -0.39 is 65.9 Å². The average molecular weight is 1240 g/mol. The number of primary amides is 1. The number of imide groups is 1. The van der Waals surface area contributed by atoms with Crippen LogP contribution in [0.25, 0.3) is 0 Å². The Morgan fingerprint density at radius 3 is 2.19 bits per heavy atom. The number of nitrogens with one attached hydrogen (secondary N) is 6. The molecule has 1 saturated carbocycles. The number of anilines is 1. The van der Waals surface area contributed by atoms with Gasteiger partial charge in [0.25, 0.3) is 11.8 Å². The predicted octanol–water partition coefficient (Wildman–Crippen LogP) is 5.06. The molecular formula is C65H94N8O16. The molecule has 89 heavy (non-hydrogen) atoms. The van der Waals surface area contributed by atoms with E-state index in [-0.39, 0.29) is 129 Å². The van der Waals surface area contributed by atoms with E-state index in [0.717, 1.165) is 29.7 Å². The first-order chi connectivity index (χ1) is 42.3. The Bertz CT molecular complexity index is 2760. The van der Waals surface area contributed by atoms with Crippen LogP contribution >= 0.6 is 0 Å². The van der Waals surface area contributed by atoms with E-state index in [1.54, 1.807) is 45.0 Å². The molecule has 0 aromatic heterocycles. The third-order valence-electron chi connectivity index (χ3n) is 17.1. The van der Waals surface area contributed by atoms with Crippen molar-refractivity contribution in [1.82, 2.24) is 31.5 Å². The highest BCUT2D eigenvalue weighted by atomic mass is 16.6. The van der Waals surface area contributed by atoms with Gasteiger partial charge in [0.2, 0.25) is 29.5 Å². The number of amides is 9. The molecule has 1 aliphatic carbocycles. The van der Waals surface area contributed by atoms with Crippen molar-refractivity contribution < 1.29 is 76.7 Å². The molecule has 12 atom stereocenters. The molecule has 4 heterocycles. The largest absolute Gasteiger partial charge is 0.461 e. The minimum absolute atomic E-state index is 0.00492. The van der Waals surface area contributed by atoms with Gasteiger partial charge < -0.3 is 66.4 Å². The number of unbranched alkanes of at least 4 members (excludes halogenated alkanes) is 2. The monoisotopic (exact) mass is 1240 g/mol. The molecule has 9 amide bonds. The van der Waals surface area contributed by atoms with E-state index in [4.69, 9.17) is 29.4 Å². The molecule has 24 heteroatoms. The minimum atomic E-state index is -1.05. The summed E-state index contributed by atoms with van der Waals surface area (Å²) in [6.45, 7) is 14.9. The number of hydrogen-bond acceptors (Lipinski definition) is 16. The van der Waals surface area contributed by atoms with Crippen LogP contribution in [0.5, 0.6) is 0 Å². The van der Waals surface area contributed by atoms with Gasteiger partial charge in [-0.1, -0.05) is 63.1 Å². The zero-order valence-electron chi connectivity index (χ0n) is 52.8. The number of carbonyl (C=O) groups excluding carboxylic acids is 10. The second kappa shape index (κ2) is 34.1. The van der Waals surface area contributed by atoms with Crippen molar-refractivity contribution in [3.05, 3.63) is 77.9 Å². The summed E-state index contributed by atoms with van der Waals surface area (Å²) in [4.78, 5) is 127. The Morgan fingerprint density at radius 2 is 1.54 bits per heavy atom. The van der Waals surface area contributed by atoms with Crippen LogP contribution in [0.1, 0.15) is 157 Å². The first kappa shape index (κ1) is 70.8. The molecule has 0 unspecified atom stereocenters. The Kier molecular flexibility index (Phi) is 27.1. The van der Waals surface area contributed by atoms with Gasteiger partial charge in [0.1, 0.15) is 42.6 Å². The fraction of sp³-hybridized carbons (Fsp3) is 0.631. The van der Waals surface area contributed by atoms with Crippen LogP contribution in [0.15, 0.2) is 72.4 Å². The Labute approximate surface area is 522 Å². The highest BCUT2D eigenvalue weighted by Crippen LogP contribution is 2.49. The average Bonchev–Trinajstić information content (AvgIpc) is 1.58. The van der Waals surface area contributed by atoms with Crippen LogP contribution in [0, 0.1) is 17.8 Å². The molecule has 5 aliphatic rings. The van der Waals surface area contributed by atoms with Gasteiger partial charge in [0.05, 0.1) is 36.9 Å². The van der Waals surface area contributed by atoms with Gasteiger partial charge >= 0.3 is 18.0 Å². The van der Waals surface area contributed by atoms with Crippen molar-refractivity contribution in [2.45, 2.75) is 231 Å². The number of urea groups is 1. The van der Waals surface area contributed by atoms with Crippen LogP contribution in [0.4, 0.5) is 10.5 Å². The smallest absolute Gasteiger partial charge is 0.312 e. The molecule has 1 aromatic carbocycles. The van der Waals surface area contributed by atoms with Gasteiger partial charge in [-0.2, -0.15) is 0 Å². The number of hydrogen-bond donors (Lipinski definition) is 8. The van der Waals surface area contributed by atoms with Crippen molar-refractivity contribution in [2.75, 3.05) is 18.4 Å². The van der Waals surface area contributed by atoms with E-state index in [1.165, 1.54) is 31.2 Å². The van der Waals surface area contributed by atoms with Gasteiger partial charge in [0, 0.05) is 69.2 Å². The number of aliphatic hydroxyl groups is 1. The van der Waals surface area contributed by atoms with Gasteiger partial charge in [0.15, 0.2) is 0 Å². The topological polar surface area (TPSA) is 342 Å². The maximum atomic E-state index is 13.7. The quantitative estimate of drug-likeness (QED) is 0.0120. The molecule has 3 saturated heterocycles. The normalized spacial score (nSPS) is 27.0.